The normalized spacial score (nSPS) is 19.2. The van der Waals surface area contributed by atoms with Crippen LogP contribution in [0.2, 0.25) is 0 Å². The lowest BCUT2D eigenvalue weighted by molar-refractivity contribution is 0.181. The molecular formula is C23H29N3O4S. The van der Waals surface area contributed by atoms with Crippen LogP contribution in [0, 0.1) is 0 Å². The third-order valence-corrected chi connectivity index (χ3v) is 6.43. The highest BCUT2D eigenvalue weighted by molar-refractivity contribution is 7.88. The molecule has 1 atom stereocenters. The summed E-state index contributed by atoms with van der Waals surface area (Å²) in [5.74, 6) is 1.49. The highest BCUT2D eigenvalue weighted by Gasteiger charge is 2.39. The van der Waals surface area contributed by atoms with Crippen LogP contribution in [0.15, 0.2) is 48.5 Å². The molecule has 1 aliphatic carbocycles. The van der Waals surface area contributed by atoms with Gasteiger partial charge in [0.05, 0.1) is 26.0 Å². The summed E-state index contributed by atoms with van der Waals surface area (Å²) in [6.45, 7) is 0.832. The molecular weight excluding hydrogens is 414 g/mol. The minimum absolute atomic E-state index is 0.189. The lowest BCUT2D eigenvalue weighted by atomic mass is 10.0. The van der Waals surface area contributed by atoms with Gasteiger partial charge in [-0.15, -0.1) is 4.83 Å². The fourth-order valence-electron chi connectivity index (χ4n) is 4.10. The maximum Gasteiger partial charge on any atom is 0.335 e. The predicted molar refractivity (Wildman–Crippen MR) is 119 cm³/mol. The summed E-state index contributed by atoms with van der Waals surface area (Å²) in [7, 11) is -1.89. The Morgan fingerprint density at radius 3 is 2.26 bits per heavy atom. The molecule has 2 amide bonds. The van der Waals surface area contributed by atoms with E-state index in [4.69, 9.17) is 4.74 Å². The molecule has 7 nitrogen and oxygen atoms in total. The number of sulfonamides is 1. The number of methoxy groups -OCH3 is 1. The number of hydrogen-bond acceptors (Lipinski definition) is 4. The molecule has 8 heteroatoms. The number of nitrogens with one attached hydrogen (secondary N) is 1. The molecule has 2 aliphatic rings. The van der Waals surface area contributed by atoms with Crippen LogP contribution in [0.25, 0.3) is 0 Å². The van der Waals surface area contributed by atoms with E-state index in [1.807, 2.05) is 24.3 Å². The first-order valence-electron chi connectivity index (χ1n) is 10.6. The number of rotatable bonds is 9. The summed E-state index contributed by atoms with van der Waals surface area (Å²) >= 11 is 0. The number of aryl methyl sites for hydroxylation is 1. The average molecular weight is 444 g/mol. The number of hydrogen-bond donors (Lipinski definition) is 1. The molecule has 166 valence electrons. The lowest BCUT2D eigenvalue weighted by Gasteiger charge is -2.23. The van der Waals surface area contributed by atoms with Crippen LogP contribution in [0.1, 0.15) is 47.9 Å². The van der Waals surface area contributed by atoms with E-state index in [2.05, 4.69) is 29.1 Å². The number of ether oxygens (including phenoxy) is 1. The Morgan fingerprint density at radius 2 is 1.68 bits per heavy atom. The molecule has 0 aromatic heterocycles. The molecule has 0 spiro atoms. The van der Waals surface area contributed by atoms with E-state index in [0.29, 0.717) is 12.5 Å². The zero-order valence-corrected chi connectivity index (χ0v) is 18.8. The summed E-state index contributed by atoms with van der Waals surface area (Å²) < 4.78 is 28.6. The smallest absolute Gasteiger partial charge is 0.335 e. The molecule has 0 bridgehead atoms. The van der Waals surface area contributed by atoms with Crippen molar-refractivity contribution in [1.29, 1.82) is 0 Å². The van der Waals surface area contributed by atoms with Crippen molar-refractivity contribution in [2.45, 2.75) is 37.6 Å². The average Bonchev–Trinajstić information content (AvgIpc) is 3.55. The van der Waals surface area contributed by atoms with Gasteiger partial charge in [-0.3, -0.25) is 0 Å². The Balaban J connectivity index is 1.46. The highest BCUT2D eigenvalue weighted by Crippen LogP contribution is 2.40. The fraction of sp³-hybridized carbons (Fsp3) is 0.435. The largest absolute Gasteiger partial charge is 0.497 e. The van der Waals surface area contributed by atoms with E-state index in [0.717, 1.165) is 30.4 Å². The van der Waals surface area contributed by atoms with Gasteiger partial charge in [0.2, 0.25) is 10.0 Å². The van der Waals surface area contributed by atoms with Gasteiger partial charge in [-0.05, 0) is 60.4 Å². The standard InChI is InChI=1S/C23H29N3O4S/c1-30-21-13-5-17(6-14-21)4-3-15-25-22(16-26(23(25)27)24-31(2,28)29)20-11-9-19(10-12-20)18-7-8-18/h5-6,9-14,18,22,24H,3-4,7-8,15-16H2,1-2H3. The van der Waals surface area contributed by atoms with E-state index >= 15 is 0 Å². The SMILES string of the molecule is COc1ccc(CCCN2C(=O)N(NS(C)(=O)=O)CC2c2ccc(C3CC3)cc2)cc1. The Labute approximate surface area is 184 Å². The molecule has 31 heavy (non-hydrogen) atoms. The summed E-state index contributed by atoms with van der Waals surface area (Å²) in [6.07, 6.45) is 5.14. The molecule has 2 fully saturated rings. The predicted octanol–water partition coefficient (Wildman–Crippen LogP) is 3.45. The quantitative estimate of drug-likeness (QED) is 0.644. The lowest BCUT2D eigenvalue weighted by Crippen LogP contribution is -2.44. The van der Waals surface area contributed by atoms with Gasteiger partial charge in [0, 0.05) is 6.54 Å². The molecule has 1 heterocycles. The van der Waals surface area contributed by atoms with E-state index < -0.39 is 10.0 Å². The van der Waals surface area contributed by atoms with Crippen LogP contribution in [-0.2, 0) is 16.4 Å². The first-order chi connectivity index (χ1) is 14.8. The summed E-state index contributed by atoms with van der Waals surface area (Å²) in [4.78, 5) is 17.1. The van der Waals surface area contributed by atoms with Gasteiger partial charge in [-0.2, -0.15) is 0 Å². The van der Waals surface area contributed by atoms with E-state index in [9.17, 15) is 13.2 Å². The third-order valence-electron chi connectivity index (χ3n) is 5.88. The van der Waals surface area contributed by atoms with Gasteiger partial charge >= 0.3 is 6.03 Å². The van der Waals surface area contributed by atoms with Crippen molar-refractivity contribution in [2.24, 2.45) is 0 Å². The number of amides is 2. The van der Waals surface area contributed by atoms with Crippen molar-refractivity contribution >= 4 is 16.1 Å². The molecule has 1 aliphatic heterocycles. The Bertz CT molecular complexity index is 1020. The van der Waals surface area contributed by atoms with E-state index in [1.165, 1.54) is 29.0 Å². The van der Waals surface area contributed by atoms with Crippen molar-refractivity contribution in [3.63, 3.8) is 0 Å². The van der Waals surface area contributed by atoms with Crippen LogP contribution >= 0.6 is 0 Å². The molecule has 1 unspecified atom stereocenters. The van der Waals surface area contributed by atoms with Crippen molar-refractivity contribution in [3.8, 4) is 5.75 Å². The first-order valence-corrected chi connectivity index (χ1v) is 12.5. The van der Waals surface area contributed by atoms with Crippen molar-refractivity contribution in [3.05, 3.63) is 65.2 Å². The fourth-order valence-corrected chi connectivity index (χ4v) is 4.66. The summed E-state index contributed by atoms with van der Waals surface area (Å²) in [5.41, 5.74) is 3.54. The van der Waals surface area contributed by atoms with Crippen molar-refractivity contribution in [2.75, 3.05) is 26.5 Å². The minimum Gasteiger partial charge on any atom is -0.497 e. The Hall–Kier alpha value is -2.58. The van der Waals surface area contributed by atoms with E-state index in [1.54, 1.807) is 12.0 Å². The summed E-state index contributed by atoms with van der Waals surface area (Å²) in [5, 5.41) is 1.21. The second-order valence-corrected chi connectivity index (χ2v) is 10.1. The molecule has 1 N–H and O–H groups in total. The van der Waals surface area contributed by atoms with Crippen LogP contribution < -0.4 is 9.57 Å². The molecule has 2 aromatic rings. The van der Waals surface area contributed by atoms with Gasteiger partial charge in [0.15, 0.2) is 0 Å². The van der Waals surface area contributed by atoms with Crippen molar-refractivity contribution < 1.29 is 17.9 Å². The number of hydrazine groups is 1. The maximum atomic E-state index is 13.0. The number of carbonyl (C=O) groups excluding carboxylic acids is 1. The number of nitrogens with zero attached hydrogens (tertiary/aromatic N) is 2. The molecule has 4 rings (SSSR count). The Morgan fingerprint density at radius 1 is 1.03 bits per heavy atom. The van der Waals surface area contributed by atoms with Gasteiger partial charge in [-0.25, -0.2) is 18.2 Å². The highest BCUT2D eigenvalue weighted by atomic mass is 32.2. The number of urea groups is 1. The van der Waals surface area contributed by atoms with Gasteiger partial charge in [0.1, 0.15) is 5.75 Å². The number of carbonyl (C=O) groups is 1. The number of benzene rings is 2. The van der Waals surface area contributed by atoms with Crippen LogP contribution in [0.5, 0.6) is 5.75 Å². The van der Waals surface area contributed by atoms with Gasteiger partial charge < -0.3 is 9.64 Å². The van der Waals surface area contributed by atoms with Crippen LogP contribution in [-0.4, -0.2) is 50.8 Å². The Kier molecular flexibility index (Phi) is 6.20. The topological polar surface area (TPSA) is 79.0 Å². The monoisotopic (exact) mass is 443 g/mol. The van der Waals surface area contributed by atoms with E-state index in [-0.39, 0.29) is 18.6 Å². The zero-order chi connectivity index (χ0) is 22.0. The molecule has 1 saturated heterocycles. The first kappa shape index (κ1) is 21.6. The van der Waals surface area contributed by atoms with Crippen LogP contribution in [0.4, 0.5) is 4.79 Å². The zero-order valence-electron chi connectivity index (χ0n) is 18.0. The molecule has 1 saturated carbocycles. The third kappa shape index (κ3) is 5.37. The van der Waals surface area contributed by atoms with Gasteiger partial charge in [0.25, 0.3) is 0 Å². The van der Waals surface area contributed by atoms with Gasteiger partial charge in [-0.1, -0.05) is 36.4 Å². The minimum atomic E-state index is -3.53. The maximum absolute atomic E-state index is 13.0. The summed E-state index contributed by atoms with van der Waals surface area (Å²) in [6, 6.07) is 15.8. The second-order valence-electron chi connectivity index (χ2n) is 8.36. The molecule has 0 radical (unpaired) electrons. The van der Waals surface area contributed by atoms with Crippen LogP contribution in [0.3, 0.4) is 0 Å². The second kappa shape index (κ2) is 8.88. The molecule has 2 aromatic carbocycles. The van der Waals surface area contributed by atoms with Crippen molar-refractivity contribution in [1.82, 2.24) is 14.7 Å².